The van der Waals surface area contributed by atoms with E-state index in [0.29, 0.717) is 6.61 Å². The molecule has 0 aromatic heterocycles. The smallest absolute Gasteiger partial charge is 0.107 e. The maximum absolute atomic E-state index is 9.35. The van der Waals surface area contributed by atoms with Gasteiger partial charge in [0.2, 0.25) is 0 Å². The molecule has 0 spiro atoms. The Morgan fingerprint density at radius 1 is 1.60 bits per heavy atom. The molecule has 1 unspecified atom stereocenters. The van der Waals surface area contributed by atoms with Gasteiger partial charge in [0.25, 0.3) is 0 Å². The fourth-order valence-electron chi connectivity index (χ4n) is 1.20. The van der Waals surface area contributed by atoms with Crippen LogP contribution in [0.4, 0.5) is 0 Å². The molecule has 0 bridgehead atoms. The third-order valence-electron chi connectivity index (χ3n) is 2.05. The normalized spacial score (nSPS) is 41.7. The lowest BCUT2D eigenvalue weighted by Crippen LogP contribution is -2.41. The SMILES string of the molecule is C[C@@H]1CCO[C@H](CO)C1O. The molecule has 10 heavy (non-hydrogen) atoms. The first-order chi connectivity index (χ1) is 4.75. The van der Waals surface area contributed by atoms with Crippen LogP contribution in [-0.4, -0.2) is 35.6 Å². The topological polar surface area (TPSA) is 49.7 Å². The highest BCUT2D eigenvalue weighted by molar-refractivity contribution is 4.77. The summed E-state index contributed by atoms with van der Waals surface area (Å²) in [5.41, 5.74) is 0. The van der Waals surface area contributed by atoms with E-state index < -0.39 is 6.10 Å². The molecule has 0 radical (unpaired) electrons. The van der Waals surface area contributed by atoms with Crippen LogP contribution in [-0.2, 0) is 4.74 Å². The van der Waals surface area contributed by atoms with Gasteiger partial charge in [0, 0.05) is 6.61 Å². The van der Waals surface area contributed by atoms with Crippen LogP contribution < -0.4 is 0 Å². The summed E-state index contributed by atoms with van der Waals surface area (Å²) >= 11 is 0. The minimum atomic E-state index is -0.487. The molecule has 1 heterocycles. The lowest BCUT2D eigenvalue weighted by Gasteiger charge is -2.31. The largest absolute Gasteiger partial charge is 0.394 e. The molecule has 1 aliphatic rings. The summed E-state index contributed by atoms with van der Waals surface area (Å²) in [6.45, 7) is 2.55. The Bertz CT molecular complexity index is 105. The summed E-state index contributed by atoms with van der Waals surface area (Å²) in [4.78, 5) is 0. The first kappa shape index (κ1) is 7.98. The lowest BCUT2D eigenvalue weighted by molar-refractivity contribution is -0.118. The van der Waals surface area contributed by atoms with Crippen molar-refractivity contribution in [2.24, 2.45) is 5.92 Å². The number of hydrogen-bond acceptors (Lipinski definition) is 3. The summed E-state index contributed by atoms with van der Waals surface area (Å²) < 4.78 is 5.11. The minimum absolute atomic E-state index is 0.0779. The van der Waals surface area contributed by atoms with Crippen LogP contribution in [0.3, 0.4) is 0 Å². The van der Waals surface area contributed by atoms with Crippen molar-refractivity contribution in [3.05, 3.63) is 0 Å². The van der Waals surface area contributed by atoms with Crippen molar-refractivity contribution < 1.29 is 14.9 Å². The van der Waals surface area contributed by atoms with E-state index in [1.165, 1.54) is 0 Å². The third-order valence-corrected chi connectivity index (χ3v) is 2.05. The Balaban J connectivity index is 2.42. The average molecular weight is 146 g/mol. The molecule has 1 fully saturated rings. The van der Waals surface area contributed by atoms with Crippen LogP contribution in [0.1, 0.15) is 13.3 Å². The quantitative estimate of drug-likeness (QED) is 0.537. The summed E-state index contributed by atoms with van der Waals surface area (Å²) in [5.74, 6) is 0.255. The van der Waals surface area contributed by atoms with Gasteiger partial charge in [-0.3, -0.25) is 0 Å². The molecule has 2 N–H and O–H groups in total. The second kappa shape index (κ2) is 3.32. The van der Waals surface area contributed by atoms with Crippen molar-refractivity contribution in [1.29, 1.82) is 0 Å². The summed E-state index contributed by atoms with van der Waals surface area (Å²) in [5, 5.41) is 18.0. The highest BCUT2D eigenvalue weighted by atomic mass is 16.5. The van der Waals surface area contributed by atoms with Gasteiger partial charge in [-0.25, -0.2) is 0 Å². The molecular formula is C7H14O3. The molecular weight excluding hydrogens is 132 g/mol. The molecule has 1 saturated heterocycles. The number of aliphatic hydroxyl groups is 2. The standard InChI is InChI=1S/C7H14O3/c1-5-2-3-10-6(4-8)7(5)9/h5-9H,2-4H2,1H3/t5-,6-,7?/m1/s1. The van der Waals surface area contributed by atoms with E-state index in [1.54, 1.807) is 0 Å². The maximum atomic E-state index is 9.35. The van der Waals surface area contributed by atoms with Crippen molar-refractivity contribution in [3.63, 3.8) is 0 Å². The third kappa shape index (κ3) is 1.48. The van der Waals surface area contributed by atoms with Gasteiger partial charge >= 0.3 is 0 Å². The summed E-state index contributed by atoms with van der Waals surface area (Å²) in [6.07, 6.45) is 0.0417. The van der Waals surface area contributed by atoms with E-state index in [9.17, 15) is 5.11 Å². The molecule has 0 saturated carbocycles. The predicted molar refractivity (Wildman–Crippen MR) is 36.6 cm³/mol. The number of rotatable bonds is 1. The van der Waals surface area contributed by atoms with Gasteiger partial charge in [-0.05, 0) is 12.3 Å². The van der Waals surface area contributed by atoms with Gasteiger partial charge in [-0.2, -0.15) is 0 Å². The van der Waals surface area contributed by atoms with E-state index in [-0.39, 0.29) is 18.6 Å². The Labute approximate surface area is 60.6 Å². The molecule has 3 heteroatoms. The Hall–Kier alpha value is -0.120. The Morgan fingerprint density at radius 3 is 2.80 bits per heavy atom. The first-order valence-corrected chi connectivity index (χ1v) is 3.66. The van der Waals surface area contributed by atoms with Crippen molar-refractivity contribution in [3.8, 4) is 0 Å². The van der Waals surface area contributed by atoms with Crippen LogP contribution in [0.5, 0.6) is 0 Å². The number of hydrogen-bond donors (Lipinski definition) is 2. The molecule has 3 nitrogen and oxygen atoms in total. The lowest BCUT2D eigenvalue weighted by atomic mass is 9.95. The Kier molecular flexibility index (Phi) is 2.65. The van der Waals surface area contributed by atoms with Crippen LogP contribution in [0.15, 0.2) is 0 Å². The molecule has 1 rings (SSSR count). The highest BCUT2D eigenvalue weighted by Crippen LogP contribution is 2.19. The molecule has 60 valence electrons. The average Bonchev–Trinajstić information content (AvgIpc) is 1.95. The zero-order valence-electron chi connectivity index (χ0n) is 6.16. The molecule has 0 amide bonds. The fourth-order valence-corrected chi connectivity index (χ4v) is 1.20. The molecule has 1 aliphatic heterocycles. The molecule has 0 aromatic rings. The maximum Gasteiger partial charge on any atom is 0.107 e. The van der Waals surface area contributed by atoms with E-state index >= 15 is 0 Å². The monoisotopic (exact) mass is 146 g/mol. The number of ether oxygens (including phenoxy) is 1. The first-order valence-electron chi connectivity index (χ1n) is 3.66. The van der Waals surface area contributed by atoms with E-state index in [4.69, 9.17) is 9.84 Å². The second-order valence-electron chi connectivity index (χ2n) is 2.85. The second-order valence-corrected chi connectivity index (χ2v) is 2.85. The van der Waals surface area contributed by atoms with Gasteiger partial charge in [-0.15, -0.1) is 0 Å². The van der Waals surface area contributed by atoms with Gasteiger partial charge in [0.1, 0.15) is 6.10 Å². The number of aliphatic hydroxyl groups excluding tert-OH is 2. The van der Waals surface area contributed by atoms with E-state index in [1.807, 2.05) is 6.92 Å². The zero-order valence-corrected chi connectivity index (χ0v) is 6.16. The fraction of sp³-hybridized carbons (Fsp3) is 1.00. The van der Waals surface area contributed by atoms with Gasteiger partial charge in [-0.1, -0.05) is 6.92 Å². The van der Waals surface area contributed by atoms with Gasteiger partial charge in [0.15, 0.2) is 0 Å². The van der Waals surface area contributed by atoms with Crippen LogP contribution in [0.25, 0.3) is 0 Å². The molecule has 3 atom stereocenters. The van der Waals surface area contributed by atoms with Crippen molar-refractivity contribution >= 4 is 0 Å². The highest BCUT2D eigenvalue weighted by Gasteiger charge is 2.28. The summed E-state index contributed by atoms with van der Waals surface area (Å²) in [6, 6.07) is 0. The predicted octanol–water partition coefficient (Wildman–Crippen LogP) is -0.235. The van der Waals surface area contributed by atoms with Gasteiger partial charge < -0.3 is 14.9 Å². The molecule has 0 aromatic carbocycles. The van der Waals surface area contributed by atoms with Crippen LogP contribution in [0.2, 0.25) is 0 Å². The van der Waals surface area contributed by atoms with E-state index in [2.05, 4.69) is 0 Å². The van der Waals surface area contributed by atoms with Crippen LogP contribution >= 0.6 is 0 Å². The van der Waals surface area contributed by atoms with Crippen LogP contribution in [0, 0.1) is 5.92 Å². The Morgan fingerprint density at radius 2 is 2.30 bits per heavy atom. The van der Waals surface area contributed by atoms with Gasteiger partial charge in [0.05, 0.1) is 12.7 Å². The zero-order chi connectivity index (χ0) is 7.56. The van der Waals surface area contributed by atoms with Crippen molar-refractivity contribution in [2.75, 3.05) is 13.2 Å². The summed E-state index contributed by atoms with van der Waals surface area (Å²) in [7, 11) is 0. The van der Waals surface area contributed by atoms with Crippen molar-refractivity contribution in [1.82, 2.24) is 0 Å². The van der Waals surface area contributed by atoms with Crippen molar-refractivity contribution in [2.45, 2.75) is 25.6 Å². The van der Waals surface area contributed by atoms with E-state index in [0.717, 1.165) is 6.42 Å². The molecule has 0 aliphatic carbocycles. The minimum Gasteiger partial charge on any atom is -0.394 e.